The lowest BCUT2D eigenvalue weighted by Gasteiger charge is -2.55. The molecule has 0 saturated carbocycles. The summed E-state index contributed by atoms with van der Waals surface area (Å²) < 4.78 is 0. The van der Waals surface area contributed by atoms with Gasteiger partial charge in [-0.3, -0.25) is 0 Å². The third-order valence-electron chi connectivity index (χ3n) is 7.45. The molecule has 0 radical (unpaired) electrons. The Morgan fingerprint density at radius 2 is 0.703 bits per heavy atom. The van der Waals surface area contributed by atoms with Crippen molar-refractivity contribution in [3.8, 4) is 0 Å². The monoisotopic (exact) mass is 500 g/mol. The van der Waals surface area contributed by atoms with E-state index in [1.54, 1.807) is 0 Å². The van der Waals surface area contributed by atoms with Gasteiger partial charge in [-0.05, 0) is 42.7 Å². The Bertz CT molecular complexity index is 1230. The molecule has 0 amide bonds. The molecule has 0 aliphatic carbocycles. The van der Waals surface area contributed by atoms with Gasteiger partial charge in [-0.15, -0.1) is 0 Å². The van der Waals surface area contributed by atoms with E-state index in [1.165, 1.54) is 32.6 Å². The van der Waals surface area contributed by atoms with Gasteiger partial charge in [-0.25, -0.2) is 0 Å². The van der Waals surface area contributed by atoms with Crippen molar-refractivity contribution in [3.05, 3.63) is 144 Å². The molecule has 0 N–H and O–H groups in total. The molecular formula is C36H40Si. The van der Waals surface area contributed by atoms with Gasteiger partial charge in [0.05, 0.1) is 0 Å². The quantitative estimate of drug-likeness (QED) is 0.182. The second-order valence-corrected chi connectivity index (χ2v) is 17.5. The fourth-order valence-electron chi connectivity index (χ4n) is 6.37. The minimum Gasteiger partial charge on any atom is -0.0622 e. The Hall–Kier alpha value is -3.42. The summed E-state index contributed by atoms with van der Waals surface area (Å²) in [7, 11) is -2.58. The van der Waals surface area contributed by atoms with E-state index in [2.05, 4.69) is 175 Å². The van der Waals surface area contributed by atoms with Crippen LogP contribution in [0.25, 0.3) is 22.5 Å². The lowest BCUT2D eigenvalue weighted by Crippen LogP contribution is -2.54. The van der Waals surface area contributed by atoms with Gasteiger partial charge in [0.25, 0.3) is 0 Å². The van der Waals surface area contributed by atoms with E-state index in [0.29, 0.717) is 0 Å². The zero-order chi connectivity index (χ0) is 26.5. The number of hydrogen-bond donors (Lipinski definition) is 0. The van der Waals surface area contributed by atoms with Crippen molar-refractivity contribution in [3.63, 3.8) is 0 Å². The molecule has 0 bridgehead atoms. The largest absolute Gasteiger partial charge is 0.130 e. The number of rotatable bonds is 6. The highest BCUT2D eigenvalue weighted by atomic mass is 28.3. The zero-order valence-electron chi connectivity index (χ0n) is 23.2. The van der Waals surface area contributed by atoms with Crippen molar-refractivity contribution >= 4 is 30.6 Å². The smallest absolute Gasteiger partial charge is 0.0622 e. The SMILES string of the molecule is CC(C)(C)[Si](C(=Cc1ccccc1)c1ccccc1)(C(=Cc1ccccc1)c1ccccc1)C(C)(C)C. The van der Waals surface area contributed by atoms with Crippen LogP contribution in [0.4, 0.5) is 0 Å². The van der Waals surface area contributed by atoms with E-state index in [1.807, 2.05) is 0 Å². The number of benzene rings is 4. The van der Waals surface area contributed by atoms with Crippen LogP contribution < -0.4 is 0 Å². The summed E-state index contributed by atoms with van der Waals surface area (Å²) >= 11 is 0. The minimum atomic E-state index is -2.58. The van der Waals surface area contributed by atoms with E-state index in [9.17, 15) is 0 Å². The molecule has 0 fully saturated rings. The lowest BCUT2D eigenvalue weighted by atomic mass is 10.1. The first kappa shape index (κ1) is 26.6. The van der Waals surface area contributed by atoms with E-state index in [0.717, 1.165) is 0 Å². The van der Waals surface area contributed by atoms with Gasteiger partial charge in [0.15, 0.2) is 0 Å². The first-order valence-electron chi connectivity index (χ1n) is 13.3. The maximum absolute atomic E-state index is 2.58. The van der Waals surface area contributed by atoms with E-state index >= 15 is 0 Å². The summed E-state index contributed by atoms with van der Waals surface area (Å²) in [6.45, 7) is 14.8. The number of hydrogen-bond acceptors (Lipinski definition) is 0. The van der Waals surface area contributed by atoms with Crippen molar-refractivity contribution in [2.24, 2.45) is 0 Å². The summed E-state index contributed by atoms with van der Waals surface area (Å²) in [5.74, 6) is 0. The molecule has 0 aromatic heterocycles. The van der Waals surface area contributed by atoms with Crippen LogP contribution in [0.5, 0.6) is 0 Å². The summed E-state index contributed by atoms with van der Waals surface area (Å²) in [5.41, 5.74) is 5.13. The second-order valence-electron chi connectivity index (χ2n) is 11.9. The Morgan fingerprint density at radius 1 is 0.432 bits per heavy atom. The van der Waals surface area contributed by atoms with Crippen molar-refractivity contribution in [1.82, 2.24) is 0 Å². The Balaban J connectivity index is 2.20. The highest BCUT2D eigenvalue weighted by Gasteiger charge is 2.58. The van der Waals surface area contributed by atoms with Crippen LogP contribution in [-0.4, -0.2) is 8.07 Å². The van der Waals surface area contributed by atoms with Crippen LogP contribution in [0, 0.1) is 0 Å². The zero-order valence-corrected chi connectivity index (χ0v) is 24.2. The van der Waals surface area contributed by atoms with Gasteiger partial charge in [-0.2, -0.15) is 0 Å². The molecule has 0 aliphatic rings. The molecule has 188 valence electrons. The molecule has 1 heteroatoms. The Morgan fingerprint density at radius 3 is 0.973 bits per heavy atom. The summed E-state index contributed by atoms with van der Waals surface area (Å²) in [5, 5.41) is 2.98. The van der Waals surface area contributed by atoms with Crippen LogP contribution in [0.1, 0.15) is 63.8 Å². The second kappa shape index (κ2) is 10.9. The first-order chi connectivity index (χ1) is 17.6. The van der Waals surface area contributed by atoms with E-state index < -0.39 is 8.07 Å². The molecular weight excluding hydrogens is 460 g/mol. The molecule has 0 atom stereocenters. The average Bonchev–Trinajstić information content (AvgIpc) is 2.88. The molecule has 37 heavy (non-hydrogen) atoms. The fraction of sp³-hybridized carbons (Fsp3) is 0.222. The van der Waals surface area contributed by atoms with Crippen LogP contribution in [-0.2, 0) is 0 Å². The van der Waals surface area contributed by atoms with Crippen molar-refractivity contribution < 1.29 is 0 Å². The Kier molecular flexibility index (Phi) is 7.85. The van der Waals surface area contributed by atoms with Crippen molar-refractivity contribution in [2.45, 2.75) is 51.6 Å². The maximum Gasteiger partial charge on any atom is 0.130 e. The highest BCUT2D eigenvalue weighted by molar-refractivity contribution is 7.14. The molecule has 0 unspecified atom stereocenters. The predicted molar refractivity (Wildman–Crippen MR) is 167 cm³/mol. The van der Waals surface area contributed by atoms with Crippen molar-refractivity contribution in [1.29, 1.82) is 0 Å². The van der Waals surface area contributed by atoms with E-state index in [4.69, 9.17) is 0 Å². The van der Waals surface area contributed by atoms with E-state index in [-0.39, 0.29) is 10.1 Å². The molecule has 0 aliphatic heterocycles. The van der Waals surface area contributed by atoms with Crippen molar-refractivity contribution in [2.75, 3.05) is 0 Å². The minimum absolute atomic E-state index is 0.0121. The van der Waals surface area contributed by atoms with Crippen LogP contribution >= 0.6 is 0 Å². The summed E-state index contributed by atoms with van der Waals surface area (Å²) in [6, 6.07) is 43.9. The third kappa shape index (κ3) is 5.48. The Labute approximate surface area is 225 Å². The third-order valence-corrected chi connectivity index (χ3v) is 14.4. The molecule has 0 heterocycles. The van der Waals surface area contributed by atoms with Crippen LogP contribution in [0.2, 0.25) is 10.1 Å². The fourth-order valence-corrected chi connectivity index (χ4v) is 14.1. The maximum atomic E-state index is 2.49. The summed E-state index contributed by atoms with van der Waals surface area (Å²) in [4.78, 5) is 0. The molecule has 4 rings (SSSR count). The van der Waals surface area contributed by atoms with Crippen LogP contribution in [0.15, 0.2) is 121 Å². The molecule has 0 spiro atoms. The van der Waals surface area contributed by atoms with Gasteiger partial charge in [0.1, 0.15) is 8.07 Å². The topological polar surface area (TPSA) is 0 Å². The normalized spacial score (nSPS) is 13.5. The molecule has 0 saturated heterocycles. The predicted octanol–water partition coefficient (Wildman–Crippen LogP) is 10.6. The molecule has 4 aromatic carbocycles. The van der Waals surface area contributed by atoms with Gasteiger partial charge < -0.3 is 0 Å². The van der Waals surface area contributed by atoms with Gasteiger partial charge in [-0.1, -0.05) is 175 Å². The van der Waals surface area contributed by atoms with Gasteiger partial charge in [0, 0.05) is 0 Å². The highest BCUT2D eigenvalue weighted by Crippen LogP contribution is 2.63. The van der Waals surface area contributed by atoms with Gasteiger partial charge in [0.2, 0.25) is 0 Å². The lowest BCUT2D eigenvalue weighted by molar-refractivity contribution is 0.639. The first-order valence-corrected chi connectivity index (χ1v) is 15.3. The van der Waals surface area contributed by atoms with Gasteiger partial charge >= 0.3 is 0 Å². The average molecular weight is 501 g/mol. The molecule has 4 aromatic rings. The molecule has 0 nitrogen and oxygen atoms in total. The van der Waals surface area contributed by atoms with Crippen LogP contribution in [0.3, 0.4) is 0 Å². The summed E-state index contributed by atoms with van der Waals surface area (Å²) in [6.07, 6.45) is 4.97. The standard InChI is InChI=1S/C36H40Si/c1-35(2,3)37(36(4,5)6,33(31-23-15-9-16-24-31)27-29-19-11-7-12-20-29)34(32-25-17-10-18-26-32)28-30-21-13-8-14-22-30/h7-28H,1-6H3.